The number of rotatable bonds is 5. The molecular formula is C8H14F3NO2. The molecule has 2 N–H and O–H groups in total. The Labute approximate surface area is 80.3 Å². The average molecular weight is 213 g/mol. The largest absolute Gasteiger partial charge is 0.480 e. The molecule has 0 heterocycles. The first-order valence-electron chi connectivity index (χ1n) is 4.27. The quantitative estimate of drug-likeness (QED) is 0.729. The van der Waals surface area contributed by atoms with Crippen LogP contribution in [0.2, 0.25) is 0 Å². The molecule has 0 amide bonds. The van der Waals surface area contributed by atoms with Crippen molar-refractivity contribution in [2.24, 2.45) is 5.92 Å². The molecule has 0 saturated heterocycles. The minimum atomic E-state index is -4.24. The van der Waals surface area contributed by atoms with Gasteiger partial charge in [-0.05, 0) is 5.92 Å². The number of halogens is 3. The van der Waals surface area contributed by atoms with Gasteiger partial charge in [0.05, 0.1) is 6.42 Å². The van der Waals surface area contributed by atoms with Crippen LogP contribution in [-0.4, -0.2) is 29.8 Å². The predicted molar refractivity (Wildman–Crippen MR) is 44.9 cm³/mol. The van der Waals surface area contributed by atoms with Gasteiger partial charge >= 0.3 is 12.1 Å². The molecule has 84 valence electrons. The zero-order valence-corrected chi connectivity index (χ0v) is 8.06. The fourth-order valence-corrected chi connectivity index (χ4v) is 0.978. The van der Waals surface area contributed by atoms with E-state index >= 15 is 0 Å². The molecule has 0 aromatic carbocycles. The Kier molecular flexibility index (Phi) is 4.90. The van der Waals surface area contributed by atoms with Crippen LogP contribution < -0.4 is 5.32 Å². The number of alkyl halides is 3. The van der Waals surface area contributed by atoms with E-state index in [0.717, 1.165) is 0 Å². The SMILES string of the molecule is CC(C)C(NCCC(F)(F)F)C(=O)O. The summed E-state index contributed by atoms with van der Waals surface area (Å²) >= 11 is 0. The molecule has 0 radical (unpaired) electrons. The van der Waals surface area contributed by atoms with Gasteiger partial charge < -0.3 is 10.4 Å². The summed E-state index contributed by atoms with van der Waals surface area (Å²) < 4.78 is 35.2. The molecule has 0 aliphatic carbocycles. The Morgan fingerprint density at radius 1 is 1.43 bits per heavy atom. The summed E-state index contributed by atoms with van der Waals surface area (Å²) in [7, 11) is 0. The van der Waals surface area contributed by atoms with E-state index in [4.69, 9.17) is 5.11 Å². The average Bonchev–Trinajstić information content (AvgIpc) is 1.94. The smallest absolute Gasteiger partial charge is 0.390 e. The Bertz CT molecular complexity index is 192. The Hall–Kier alpha value is -0.780. The number of hydrogen-bond donors (Lipinski definition) is 2. The van der Waals surface area contributed by atoms with Crippen LogP contribution in [0.25, 0.3) is 0 Å². The molecule has 1 atom stereocenters. The first-order valence-corrected chi connectivity index (χ1v) is 4.27. The van der Waals surface area contributed by atoms with Gasteiger partial charge in [0.25, 0.3) is 0 Å². The molecule has 6 heteroatoms. The molecule has 0 bridgehead atoms. The van der Waals surface area contributed by atoms with Crippen molar-refractivity contribution >= 4 is 5.97 Å². The fourth-order valence-electron chi connectivity index (χ4n) is 0.978. The lowest BCUT2D eigenvalue weighted by Crippen LogP contribution is -2.42. The van der Waals surface area contributed by atoms with E-state index in [9.17, 15) is 18.0 Å². The Morgan fingerprint density at radius 2 is 1.93 bits per heavy atom. The predicted octanol–water partition coefficient (Wildman–Crippen LogP) is 1.64. The third-order valence-electron chi connectivity index (χ3n) is 1.71. The van der Waals surface area contributed by atoms with E-state index in [1.807, 2.05) is 0 Å². The molecule has 3 nitrogen and oxygen atoms in total. The first kappa shape index (κ1) is 13.2. The summed E-state index contributed by atoms with van der Waals surface area (Å²) in [6, 6.07) is -0.919. The van der Waals surface area contributed by atoms with Gasteiger partial charge in [-0.25, -0.2) is 0 Å². The number of aliphatic carboxylic acids is 1. The summed E-state index contributed by atoms with van der Waals surface area (Å²) in [4.78, 5) is 10.6. The van der Waals surface area contributed by atoms with Crippen LogP contribution in [0.4, 0.5) is 13.2 Å². The minimum absolute atomic E-state index is 0.235. The molecule has 0 aromatic heterocycles. The number of carbonyl (C=O) groups is 1. The molecule has 0 rings (SSSR count). The third-order valence-corrected chi connectivity index (χ3v) is 1.71. The molecule has 0 saturated carbocycles. The zero-order valence-electron chi connectivity index (χ0n) is 8.06. The molecular weight excluding hydrogens is 199 g/mol. The standard InChI is InChI=1S/C8H14F3NO2/c1-5(2)6(7(13)14)12-4-3-8(9,10)11/h5-6,12H,3-4H2,1-2H3,(H,13,14). The van der Waals surface area contributed by atoms with Crippen LogP contribution in [-0.2, 0) is 4.79 Å². The lowest BCUT2D eigenvalue weighted by Gasteiger charge is -2.18. The number of carboxylic acid groups (broad SMARTS) is 1. The van der Waals surface area contributed by atoms with Crippen molar-refractivity contribution in [1.82, 2.24) is 5.32 Å². The van der Waals surface area contributed by atoms with Crippen LogP contribution in [0.15, 0.2) is 0 Å². The first-order chi connectivity index (χ1) is 6.24. The maximum Gasteiger partial charge on any atom is 0.390 e. The van der Waals surface area contributed by atoms with Crippen LogP contribution in [0.3, 0.4) is 0 Å². The molecule has 0 aliphatic rings. The van der Waals surface area contributed by atoms with Gasteiger partial charge in [0.15, 0.2) is 0 Å². The Morgan fingerprint density at radius 3 is 2.21 bits per heavy atom. The van der Waals surface area contributed by atoms with Crippen molar-refractivity contribution < 1.29 is 23.1 Å². The highest BCUT2D eigenvalue weighted by atomic mass is 19.4. The van der Waals surface area contributed by atoms with Gasteiger partial charge in [-0.1, -0.05) is 13.8 Å². The van der Waals surface area contributed by atoms with Crippen molar-refractivity contribution in [3.05, 3.63) is 0 Å². The number of carboxylic acids is 1. The number of nitrogens with one attached hydrogen (secondary N) is 1. The molecule has 14 heavy (non-hydrogen) atoms. The summed E-state index contributed by atoms with van der Waals surface area (Å²) in [5.41, 5.74) is 0. The lowest BCUT2D eigenvalue weighted by atomic mass is 10.0. The third kappa shape index (κ3) is 5.80. The van der Waals surface area contributed by atoms with E-state index in [2.05, 4.69) is 5.32 Å². The van der Waals surface area contributed by atoms with Crippen molar-refractivity contribution in [3.8, 4) is 0 Å². The highest BCUT2D eigenvalue weighted by molar-refractivity contribution is 5.73. The normalized spacial score (nSPS) is 14.4. The van der Waals surface area contributed by atoms with Gasteiger partial charge in [-0.3, -0.25) is 4.79 Å². The molecule has 0 fully saturated rings. The van der Waals surface area contributed by atoms with E-state index in [1.165, 1.54) is 0 Å². The summed E-state index contributed by atoms with van der Waals surface area (Å²) in [5.74, 6) is -1.36. The van der Waals surface area contributed by atoms with Crippen LogP contribution >= 0.6 is 0 Å². The van der Waals surface area contributed by atoms with Gasteiger partial charge in [0, 0.05) is 6.54 Å². The van der Waals surface area contributed by atoms with Crippen molar-refractivity contribution in [2.45, 2.75) is 32.5 Å². The second kappa shape index (κ2) is 5.19. The monoisotopic (exact) mass is 213 g/mol. The van der Waals surface area contributed by atoms with Gasteiger partial charge in [-0.2, -0.15) is 13.2 Å². The van der Waals surface area contributed by atoms with Gasteiger partial charge in [-0.15, -0.1) is 0 Å². The second-order valence-electron chi connectivity index (χ2n) is 3.38. The number of hydrogen-bond acceptors (Lipinski definition) is 2. The van der Waals surface area contributed by atoms with E-state index in [-0.39, 0.29) is 12.5 Å². The second-order valence-corrected chi connectivity index (χ2v) is 3.38. The van der Waals surface area contributed by atoms with Crippen molar-refractivity contribution in [2.75, 3.05) is 6.54 Å². The van der Waals surface area contributed by atoms with Crippen molar-refractivity contribution in [1.29, 1.82) is 0 Å². The van der Waals surface area contributed by atoms with Gasteiger partial charge in [0.2, 0.25) is 0 Å². The molecule has 0 spiro atoms. The molecule has 0 aliphatic heterocycles. The van der Waals surface area contributed by atoms with Crippen LogP contribution in [0, 0.1) is 5.92 Å². The van der Waals surface area contributed by atoms with E-state index in [1.54, 1.807) is 13.8 Å². The van der Waals surface area contributed by atoms with Crippen molar-refractivity contribution in [3.63, 3.8) is 0 Å². The Balaban J connectivity index is 3.90. The topological polar surface area (TPSA) is 49.3 Å². The lowest BCUT2D eigenvalue weighted by molar-refractivity contribution is -0.143. The minimum Gasteiger partial charge on any atom is -0.480 e. The molecule has 1 unspecified atom stereocenters. The fraction of sp³-hybridized carbons (Fsp3) is 0.875. The van der Waals surface area contributed by atoms with Crippen LogP contribution in [0.1, 0.15) is 20.3 Å². The van der Waals surface area contributed by atoms with E-state index in [0.29, 0.717) is 0 Å². The maximum absolute atomic E-state index is 11.7. The van der Waals surface area contributed by atoms with Gasteiger partial charge in [0.1, 0.15) is 6.04 Å². The summed E-state index contributed by atoms with van der Waals surface area (Å²) in [6.45, 7) is 2.91. The summed E-state index contributed by atoms with van der Waals surface area (Å²) in [5, 5.41) is 11.0. The summed E-state index contributed by atoms with van der Waals surface area (Å²) in [6.07, 6.45) is -5.25. The zero-order chi connectivity index (χ0) is 11.4. The highest BCUT2D eigenvalue weighted by Gasteiger charge is 2.28. The van der Waals surface area contributed by atoms with E-state index < -0.39 is 24.6 Å². The molecule has 0 aromatic rings. The maximum atomic E-state index is 11.7. The highest BCUT2D eigenvalue weighted by Crippen LogP contribution is 2.18. The van der Waals surface area contributed by atoms with Crippen LogP contribution in [0.5, 0.6) is 0 Å².